The number of esters is 2. The van der Waals surface area contributed by atoms with Gasteiger partial charge in [-0.05, 0) is 42.5 Å². The van der Waals surface area contributed by atoms with Crippen LogP contribution in [0.1, 0.15) is 0 Å². The van der Waals surface area contributed by atoms with E-state index in [1.807, 2.05) is 12.1 Å². The van der Waals surface area contributed by atoms with Crippen LogP contribution in [0.4, 0.5) is 4.39 Å². The van der Waals surface area contributed by atoms with E-state index in [9.17, 15) is 14.0 Å². The summed E-state index contributed by atoms with van der Waals surface area (Å²) in [5.74, 6) is -0.224. The summed E-state index contributed by atoms with van der Waals surface area (Å²) in [7, 11) is 0. The van der Waals surface area contributed by atoms with Crippen LogP contribution in [-0.4, -0.2) is 25.2 Å². The third-order valence-corrected chi connectivity index (χ3v) is 5.51. The smallest absolute Gasteiger partial charge is 0.349 e. The summed E-state index contributed by atoms with van der Waals surface area (Å²) in [6, 6.07) is 28.6. The first-order chi connectivity index (χ1) is 18.1. The number of benzene rings is 5. The zero-order chi connectivity index (χ0) is 25.6. The first kappa shape index (κ1) is 23.8. The van der Waals surface area contributed by atoms with E-state index in [1.54, 1.807) is 78.9 Å². The standard InChI is InChI=1S/C30H21FO6/c31-20-15-16-25-26(17-20)30(35-19-28(33)37-22-11-5-2-6-12-22)24-14-8-7-13-23(24)29(25)34-18-27(32)36-21-9-3-1-4-10-21/h1-17H,18-19H2. The van der Waals surface area contributed by atoms with Crippen LogP contribution in [0, 0.1) is 5.82 Å². The molecule has 0 saturated heterocycles. The Kier molecular flexibility index (Phi) is 6.94. The highest BCUT2D eigenvalue weighted by Gasteiger charge is 2.19. The van der Waals surface area contributed by atoms with Crippen molar-refractivity contribution in [1.29, 1.82) is 0 Å². The van der Waals surface area contributed by atoms with E-state index in [4.69, 9.17) is 18.9 Å². The van der Waals surface area contributed by atoms with Gasteiger partial charge in [-0.1, -0.05) is 60.7 Å². The molecule has 0 saturated carbocycles. The molecule has 0 aromatic heterocycles. The van der Waals surface area contributed by atoms with Crippen molar-refractivity contribution in [3.63, 3.8) is 0 Å². The van der Waals surface area contributed by atoms with Crippen LogP contribution >= 0.6 is 0 Å². The van der Waals surface area contributed by atoms with Crippen molar-refractivity contribution < 1.29 is 32.9 Å². The van der Waals surface area contributed by atoms with E-state index in [-0.39, 0.29) is 6.61 Å². The van der Waals surface area contributed by atoms with Gasteiger partial charge in [-0.3, -0.25) is 0 Å². The minimum absolute atomic E-state index is 0.300. The minimum Gasteiger partial charge on any atom is -0.481 e. The average molecular weight is 496 g/mol. The van der Waals surface area contributed by atoms with Crippen LogP contribution in [0.5, 0.6) is 23.0 Å². The third-order valence-electron chi connectivity index (χ3n) is 5.51. The number of rotatable bonds is 8. The largest absolute Gasteiger partial charge is 0.481 e. The van der Waals surface area contributed by atoms with Crippen LogP contribution < -0.4 is 18.9 Å². The molecule has 5 aromatic carbocycles. The quantitative estimate of drug-likeness (QED) is 0.147. The maximum Gasteiger partial charge on any atom is 0.349 e. The normalized spacial score (nSPS) is 10.7. The molecule has 0 aliphatic carbocycles. The monoisotopic (exact) mass is 496 g/mol. The fourth-order valence-corrected chi connectivity index (χ4v) is 3.94. The summed E-state index contributed by atoms with van der Waals surface area (Å²) >= 11 is 0. The Hall–Kier alpha value is -4.91. The number of para-hydroxylation sites is 2. The molecule has 0 heterocycles. The first-order valence-corrected chi connectivity index (χ1v) is 11.5. The van der Waals surface area contributed by atoms with Gasteiger partial charge in [-0.25, -0.2) is 14.0 Å². The van der Waals surface area contributed by atoms with Crippen LogP contribution in [0.2, 0.25) is 0 Å². The van der Waals surface area contributed by atoms with E-state index in [0.717, 1.165) is 0 Å². The minimum atomic E-state index is -0.608. The average Bonchev–Trinajstić information content (AvgIpc) is 2.91. The summed E-state index contributed by atoms with van der Waals surface area (Å²) in [6.45, 7) is -0.761. The second kappa shape index (κ2) is 10.8. The van der Waals surface area contributed by atoms with Gasteiger partial charge in [0.2, 0.25) is 0 Å². The molecular formula is C30H21FO6. The number of halogens is 1. The van der Waals surface area contributed by atoms with Crippen molar-refractivity contribution in [3.05, 3.63) is 109 Å². The van der Waals surface area contributed by atoms with Crippen molar-refractivity contribution in [3.8, 4) is 23.0 Å². The second-order valence-electron chi connectivity index (χ2n) is 8.05. The molecular weight excluding hydrogens is 475 g/mol. The molecule has 0 unspecified atom stereocenters. The molecule has 5 aromatic rings. The van der Waals surface area contributed by atoms with Gasteiger partial charge in [0.15, 0.2) is 13.2 Å². The molecule has 6 nitrogen and oxygen atoms in total. The molecule has 37 heavy (non-hydrogen) atoms. The Balaban J connectivity index is 1.45. The predicted octanol–water partition coefficient (Wildman–Crippen LogP) is 6.10. The molecule has 0 bridgehead atoms. The SMILES string of the molecule is O=C(COc1c2ccccc2c(OCC(=O)Oc2ccccc2)c2cc(F)ccc12)Oc1ccccc1. The Morgan fingerprint density at radius 2 is 0.973 bits per heavy atom. The highest BCUT2D eigenvalue weighted by Crippen LogP contribution is 2.43. The summed E-state index contributed by atoms with van der Waals surface area (Å²) in [5.41, 5.74) is 0. The molecule has 0 atom stereocenters. The van der Waals surface area contributed by atoms with Crippen molar-refractivity contribution in [2.24, 2.45) is 0 Å². The summed E-state index contributed by atoms with van der Waals surface area (Å²) in [5, 5.41) is 2.11. The van der Waals surface area contributed by atoms with Crippen molar-refractivity contribution in [2.45, 2.75) is 0 Å². The van der Waals surface area contributed by atoms with Crippen LogP contribution in [0.3, 0.4) is 0 Å². The Morgan fingerprint density at radius 1 is 0.541 bits per heavy atom. The molecule has 7 heteroatoms. The Bertz CT molecular complexity index is 1570. The molecule has 0 spiro atoms. The van der Waals surface area contributed by atoms with Crippen LogP contribution in [-0.2, 0) is 9.59 Å². The lowest BCUT2D eigenvalue weighted by molar-refractivity contribution is -0.137. The molecule has 0 radical (unpaired) electrons. The summed E-state index contributed by atoms with van der Waals surface area (Å²) in [6.07, 6.45) is 0. The van der Waals surface area contributed by atoms with Crippen LogP contribution in [0.15, 0.2) is 103 Å². The zero-order valence-corrected chi connectivity index (χ0v) is 19.6. The van der Waals surface area contributed by atoms with Gasteiger partial charge in [0, 0.05) is 21.5 Å². The topological polar surface area (TPSA) is 71.1 Å². The van der Waals surface area contributed by atoms with E-state index in [2.05, 4.69) is 0 Å². The van der Waals surface area contributed by atoms with Gasteiger partial charge >= 0.3 is 11.9 Å². The maximum atomic E-state index is 14.3. The molecule has 0 aliphatic heterocycles. The Labute approximate surface area is 211 Å². The van der Waals surface area contributed by atoms with Crippen LogP contribution in [0.25, 0.3) is 21.5 Å². The van der Waals surface area contributed by atoms with Crippen molar-refractivity contribution >= 4 is 33.5 Å². The van der Waals surface area contributed by atoms with E-state index < -0.39 is 24.4 Å². The van der Waals surface area contributed by atoms with Gasteiger partial charge in [0.05, 0.1) is 0 Å². The molecule has 5 rings (SSSR count). The second-order valence-corrected chi connectivity index (χ2v) is 8.05. The molecule has 184 valence electrons. The van der Waals surface area contributed by atoms with Gasteiger partial charge < -0.3 is 18.9 Å². The van der Waals surface area contributed by atoms with Crippen molar-refractivity contribution in [2.75, 3.05) is 13.2 Å². The van der Waals surface area contributed by atoms with Gasteiger partial charge in [0.25, 0.3) is 0 Å². The fraction of sp³-hybridized carbons (Fsp3) is 0.0667. The van der Waals surface area contributed by atoms with Gasteiger partial charge in [0.1, 0.15) is 28.8 Å². The molecule has 0 fully saturated rings. The zero-order valence-electron chi connectivity index (χ0n) is 19.6. The highest BCUT2D eigenvalue weighted by molar-refractivity contribution is 6.11. The van der Waals surface area contributed by atoms with Gasteiger partial charge in [-0.15, -0.1) is 0 Å². The molecule has 0 N–H and O–H groups in total. The highest BCUT2D eigenvalue weighted by atomic mass is 19.1. The van der Waals surface area contributed by atoms with Gasteiger partial charge in [-0.2, -0.15) is 0 Å². The number of carbonyl (C=O) groups is 2. The van der Waals surface area contributed by atoms with E-state index >= 15 is 0 Å². The number of carbonyl (C=O) groups excluding carboxylic acids is 2. The van der Waals surface area contributed by atoms with E-state index in [1.165, 1.54) is 12.1 Å². The summed E-state index contributed by atoms with van der Waals surface area (Å²) in [4.78, 5) is 24.8. The maximum absolute atomic E-state index is 14.3. The fourth-order valence-electron chi connectivity index (χ4n) is 3.94. The molecule has 0 amide bonds. The number of ether oxygens (including phenoxy) is 4. The predicted molar refractivity (Wildman–Crippen MR) is 137 cm³/mol. The lowest BCUT2D eigenvalue weighted by Crippen LogP contribution is -2.18. The number of hydrogen-bond acceptors (Lipinski definition) is 6. The summed E-state index contributed by atoms with van der Waals surface area (Å²) < 4.78 is 36.8. The van der Waals surface area contributed by atoms with E-state index in [0.29, 0.717) is 44.5 Å². The Morgan fingerprint density at radius 3 is 1.49 bits per heavy atom. The first-order valence-electron chi connectivity index (χ1n) is 11.5. The number of hydrogen-bond donors (Lipinski definition) is 0. The molecule has 0 aliphatic rings. The van der Waals surface area contributed by atoms with Crippen molar-refractivity contribution in [1.82, 2.24) is 0 Å². The lowest BCUT2D eigenvalue weighted by Gasteiger charge is -2.17. The lowest BCUT2D eigenvalue weighted by atomic mass is 10.0. The third kappa shape index (κ3) is 5.51. The number of fused-ring (bicyclic) bond motifs is 2.